The molecule has 5 rings (SSSR count). The number of hydrogen-bond donors (Lipinski definition) is 0. The fraction of sp³-hybridized carbons (Fsp3) is 0.304. The topological polar surface area (TPSA) is 75.4 Å². The number of aromatic nitrogens is 3. The molecular weight excluding hydrogens is 474 g/mol. The van der Waals surface area contributed by atoms with Crippen LogP contribution in [0.15, 0.2) is 56.6 Å². The third kappa shape index (κ3) is 5.35. The molecule has 1 aromatic carbocycles. The first-order valence-electron chi connectivity index (χ1n) is 10.7. The summed E-state index contributed by atoms with van der Waals surface area (Å²) in [4.78, 5) is 28.5. The molecule has 0 bridgehead atoms. The third-order valence-corrected chi connectivity index (χ3v) is 8.18. The Morgan fingerprint density at radius 3 is 2.70 bits per heavy atom. The maximum atomic E-state index is 13.3. The second kappa shape index (κ2) is 10.2. The maximum absolute atomic E-state index is 13.3. The van der Waals surface area contributed by atoms with Gasteiger partial charge in [-0.2, -0.15) is 4.98 Å². The first-order chi connectivity index (χ1) is 16.2. The second-order valence-electron chi connectivity index (χ2n) is 7.70. The van der Waals surface area contributed by atoms with E-state index in [4.69, 9.17) is 4.52 Å². The summed E-state index contributed by atoms with van der Waals surface area (Å²) in [6.45, 7) is 5.51. The molecule has 1 fully saturated rings. The molecule has 33 heavy (non-hydrogen) atoms. The third-order valence-electron chi connectivity index (χ3n) is 5.39. The molecule has 170 valence electrons. The lowest BCUT2D eigenvalue weighted by Gasteiger charge is -2.34. The Morgan fingerprint density at radius 1 is 1.09 bits per heavy atom. The molecule has 4 heterocycles. The van der Waals surface area contributed by atoms with Crippen molar-refractivity contribution in [3.63, 3.8) is 0 Å². The SMILES string of the molecule is Cc1nc(CSc2ccccc2C(=O)N2CCN(Cc3nc(-c4cccs4)no3)CC2)cs1. The summed E-state index contributed by atoms with van der Waals surface area (Å²) < 4.78 is 5.43. The first-order valence-corrected chi connectivity index (χ1v) is 13.4. The molecule has 0 radical (unpaired) electrons. The van der Waals surface area contributed by atoms with Gasteiger partial charge in [0.25, 0.3) is 5.91 Å². The molecule has 0 saturated carbocycles. The van der Waals surface area contributed by atoms with Crippen molar-refractivity contribution in [2.24, 2.45) is 0 Å². The van der Waals surface area contributed by atoms with Gasteiger partial charge in [0.2, 0.25) is 11.7 Å². The van der Waals surface area contributed by atoms with Gasteiger partial charge in [-0.25, -0.2) is 4.98 Å². The predicted molar refractivity (Wildman–Crippen MR) is 132 cm³/mol. The van der Waals surface area contributed by atoms with E-state index in [2.05, 4.69) is 25.4 Å². The lowest BCUT2D eigenvalue weighted by molar-refractivity contribution is 0.0612. The number of rotatable bonds is 7. The molecular formula is C23H23N5O2S3. The Balaban J connectivity index is 1.17. The van der Waals surface area contributed by atoms with E-state index in [0.717, 1.165) is 44.9 Å². The summed E-state index contributed by atoms with van der Waals surface area (Å²) in [5.74, 6) is 2.10. The molecule has 0 aliphatic carbocycles. The minimum absolute atomic E-state index is 0.0879. The van der Waals surface area contributed by atoms with E-state index in [9.17, 15) is 4.79 Å². The summed E-state index contributed by atoms with van der Waals surface area (Å²) in [6.07, 6.45) is 0. The number of aryl methyl sites for hydroxylation is 1. The van der Waals surface area contributed by atoms with Gasteiger partial charge >= 0.3 is 0 Å². The van der Waals surface area contributed by atoms with Crippen LogP contribution in [0, 0.1) is 6.92 Å². The highest BCUT2D eigenvalue weighted by atomic mass is 32.2. The largest absolute Gasteiger partial charge is 0.338 e. The van der Waals surface area contributed by atoms with E-state index >= 15 is 0 Å². The predicted octanol–water partition coefficient (Wildman–Crippen LogP) is 4.81. The fourth-order valence-electron chi connectivity index (χ4n) is 3.69. The van der Waals surface area contributed by atoms with Gasteiger partial charge in [0.15, 0.2) is 0 Å². The van der Waals surface area contributed by atoms with Crippen LogP contribution in [0.25, 0.3) is 10.7 Å². The summed E-state index contributed by atoms with van der Waals surface area (Å²) in [5, 5.41) is 9.23. The number of hydrogen-bond acceptors (Lipinski definition) is 9. The zero-order valence-electron chi connectivity index (χ0n) is 18.1. The van der Waals surface area contributed by atoms with Crippen molar-refractivity contribution in [3.8, 4) is 10.7 Å². The molecule has 0 atom stereocenters. The van der Waals surface area contributed by atoms with E-state index in [1.807, 2.05) is 53.6 Å². The number of nitrogens with zero attached hydrogens (tertiary/aromatic N) is 5. The highest BCUT2D eigenvalue weighted by Crippen LogP contribution is 2.28. The standard InChI is InChI=1S/C23H23N5O2S3/c1-16-24-17(14-32-16)15-33-19-6-3-2-5-18(19)23(29)28-10-8-27(9-11-28)13-21-25-22(26-30-21)20-7-4-12-31-20/h2-7,12,14H,8-11,13,15H2,1H3. The van der Waals surface area contributed by atoms with Crippen LogP contribution in [0.5, 0.6) is 0 Å². The Hall–Kier alpha value is -2.53. The van der Waals surface area contributed by atoms with Crippen LogP contribution in [0.4, 0.5) is 0 Å². The van der Waals surface area contributed by atoms with Gasteiger partial charge < -0.3 is 9.42 Å². The Morgan fingerprint density at radius 2 is 1.94 bits per heavy atom. The number of amides is 1. The number of carbonyl (C=O) groups is 1. The van der Waals surface area contributed by atoms with Crippen molar-refractivity contribution in [2.45, 2.75) is 24.1 Å². The van der Waals surface area contributed by atoms with Crippen LogP contribution in [-0.2, 0) is 12.3 Å². The summed E-state index contributed by atoms with van der Waals surface area (Å²) >= 11 is 4.92. The lowest BCUT2D eigenvalue weighted by atomic mass is 10.2. The van der Waals surface area contributed by atoms with Gasteiger partial charge in [0.05, 0.1) is 27.7 Å². The molecule has 1 saturated heterocycles. The van der Waals surface area contributed by atoms with Crippen LogP contribution in [0.2, 0.25) is 0 Å². The lowest BCUT2D eigenvalue weighted by Crippen LogP contribution is -2.48. The molecule has 4 aromatic rings. The van der Waals surface area contributed by atoms with Gasteiger partial charge in [-0.1, -0.05) is 23.4 Å². The van der Waals surface area contributed by atoms with Crippen LogP contribution in [-0.4, -0.2) is 57.0 Å². The number of thiophene rings is 1. The summed E-state index contributed by atoms with van der Waals surface area (Å²) in [6, 6.07) is 11.8. The van der Waals surface area contributed by atoms with Crippen LogP contribution in [0.3, 0.4) is 0 Å². The van der Waals surface area contributed by atoms with Gasteiger partial charge in [-0.3, -0.25) is 9.69 Å². The molecule has 7 nitrogen and oxygen atoms in total. The van der Waals surface area contributed by atoms with E-state index < -0.39 is 0 Å². The van der Waals surface area contributed by atoms with Gasteiger partial charge in [-0.05, 0) is 30.5 Å². The molecule has 0 spiro atoms. The van der Waals surface area contributed by atoms with Gasteiger partial charge in [0.1, 0.15) is 0 Å². The van der Waals surface area contributed by atoms with Crippen LogP contribution >= 0.6 is 34.4 Å². The van der Waals surface area contributed by atoms with Crippen molar-refractivity contribution in [1.82, 2.24) is 24.9 Å². The fourth-order valence-corrected chi connectivity index (χ4v) is 6.00. The van der Waals surface area contributed by atoms with Crippen molar-refractivity contribution in [3.05, 3.63) is 69.3 Å². The highest BCUT2D eigenvalue weighted by Gasteiger charge is 2.25. The first kappa shape index (κ1) is 22.3. The maximum Gasteiger partial charge on any atom is 0.255 e. The van der Waals surface area contributed by atoms with Crippen molar-refractivity contribution >= 4 is 40.3 Å². The minimum Gasteiger partial charge on any atom is -0.338 e. The second-order valence-corrected chi connectivity index (χ2v) is 10.7. The molecule has 10 heteroatoms. The number of piperazine rings is 1. The Labute approximate surface area is 204 Å². The van der Waals surface area contributed by atoms with E-state index in [-0.39, 0.29) is 5.91 Å². The summed E-state index contributed by atoms with van der Waals surface area (Å²) in [5.41, 5.74) is 1.82. The normalized spacial score (nSPS) is 14.6. The van der Waals surface area contributed by atoms with Crippen LogP contribution in [0.1, 0.15) is 27.0 Å². The van der Waals surface area contributed by atoms with Crippen LogP contribution < -0.4 is 0 Å². The van der Waals surface area contributed by atoms with Crippen molar-refractivity contribution in [2.75, 3.05) is 26.2 Å². The smallest absolute Gasteiger partial charge is 0.255 e. The molecule has 3 aromatic heterocycles. The number of thioether (sulfide) groups is 1. The average Bonchev–Trinajstić information content (AvgIpc) is 3.60. The molecule has 0 unspecified atom stereocenters. The number of thiazole rings is 1. The Bertz CT molecular complexity index is 1210. The van der Waals surface area contributed by atoms with Gasteiger partial charge in [-0.15, -0.1) is 34.4 Å². The quantitative estimate of drug-likeness (QED) is 0.339. The number of benzene rings is 1. The Kier molecular flexibility index (Phi) is 6.86. The highest BCUT2D eigenvalue weighted by molar-refractivity contribution is 7.98. The van der Waals surface area contributed by atoms with Gasteiger partial charge in [0, 0.05) is 42.2 Å². The van der Waals surface area contributed by atoms with Crippen molar-refractivity contribution < 1.29 is 9.32 Å². The van der Waals surface area contributed by atoms with E-state index in [1.165, 1.54) is 0 Å². The zero-order valence-corrected chi connectivity index (χ0v) is 20.6. The molecule has 1 aliphatic rings. The minimum atomic E-state index is 0.0879. The average molecular weight is 498 g/mol. The molecule has 1 amide bonds. The van der Waals surface area contributed by atoms with Crippen molar-refractivity contribution in [1.29, 1.82) is 0 Å². The monoisotopic (exact) mass is 497 g/mol. The zero-order chi connectivity index (χ0) is 22.6. The summed E-state index contributed by atoms with van der Waals surface area (Å²) in [7, 11) is 0. The molecule has 1 aliphatic heterocycles. The van der Waals surface area contributed by atoms with E-state index in [1.54, 1.807) is 34.4 Å². The van der Waals surface area contributed by atoms with E-state index in [0.29, 0.717) is 31.3 Å². The molecule has 0 N–H and O–H groups in total. The number of carbonyl (C=O) groups excluding carboxylic acids is 1.